The molecule has 0 aromatic carbocycles. The molecule has 0 amide bonds. The monoisotopic (exact) mass is 381 g/mol. The molecule has 0 rings (SSSR count). The second kappa shape index (κ2) is 10.4. The first-order valence-electron chi connectivity index (χ1n) is 1.40. The van der Waals surface area contributed by atoms with Gasteiger partial charge in [-0.15, -0.1) is 0 Å². The fourth-order valence-corrected chi connectivity index (χ4v) is 0. The summed E-state index contributed by atoms with van der Waals surface area (Å²) in [6, 6.07) is 0. The molecule has 0 aromatic rings. The van der Waals surface area contributed by atoms with Gasteiger partial charge in [0.05, 0.1) is 0 Å². The summed E-state index contributed by atoms with van der Waals surface area (Å²) in [5.41, 5.74) is 0. The molecular formula is H11Mo2NO10. The molecule has 0 aliphatic heterocycles. The van der Waals surface area contributed by atoms with Crippen molar-refractivity contribution < 1.29 is 73.1 Å². The molecular weight excluding hydrogens is 366 g/mol. The summed E-state index contributed by atoms with van der Waals surface area (Å²) in [5.74, 6) is 0. The van der Waals surface area contributed by atoms with Crippen molar-refractivity contribution in [1.82, 2.24) is 6.15 Å². The number of hydrogen-bond donors (Lipinski definition) is 5. The van der Waals surface area contributed by atoms with Crippen molar-refractivity contribution in [3.8, 4) is 0 Å². The SMILES string of the molecule is N.O.O.[O]=[Mo](=[O])([OH])[OH].[O]=[Mo](=[O])([OH])[OH]. The molecule has 0 fully saturated rings. The van der Waals surface area contributed by atoms with Gasteiger partial charge in [-0.25, -0.2) is 0 Å². The maximum absolute atomic E-state index is 8.85. The van der Waals surface area contributed by atoms with Crippen LogP contribution in [0.5, 0.6) is 0 Å². The normalized spacial score (nSPS) is 8.92. The summed E-state index contributed by atoms with van der Waals surface area (Å²) < 4.78 is 64.0. The Labute approximate surface area is 79.3 Å². The van der Waals surface area contributed by atoms with Crippen LogP contribution in [0, 0.1) is 0 Å². The Bertz CT molecular complexity index is 209. The average Bonchev–Trinajstić information content (AvgIpc) is 1.12. The van der Waals surface area contributed by atoms with E-state index in [9.17, 15) is 0 Å². The van der Waals surface area contributed by atoms with Gasteiger partial charge in [0.2, 0.25) is 0 Å². The van der Waals surface area contributed by atoms with Gasteiger partial charge in [0.25, 0.3) is 0 Å². The van der Waals surface area contributed by atoms with Crippen LogP contribution >= 0.6 is 0 Å². The summed E-state index contributed by atoms with van der Waals surface area (Å²) in [6.07, 6.45) is 0. The van der Waals surface area contributed by atoms with E-state index >= 15 is 0 Å². The molecule has 0 saturated heterocycles. The zero-order chi connectivity index (χ0) is 9.00. The first-order chi connectivity index (χ1) is 4.00. The van der Waals surface area contributed by atoms with Crippen LogP contribution in [-0.2, 0) is 47.1 Å². The first kappa shape index (κ1) is 29.2. The molecule has 0 aliphatic carbocycles. The summed E-state index contributed by atoms with van der Waals surface area (Å²) >= 11 is -11.0. The van der Waals surface area contributed by atoms with E-state index in [-0.39, 0.29) is 17.1 Å². The third-order valence-corrected chi connectivity index (χ3v) is 0. The van der Waals surface area contributed by atoms with Gasteiger partial charge >= 0.3 is 62.1 Å². The summed E-state index contributed by atoms with van der Waals surface area (Å²) in [4.78, 5) is 0. The van der Waals surface area contributed by atoms with Crippen molar-refractivity contribution in [3.05, 3.63) is 0 Å². The van der Waals surface area contributed by atoms with Gasteiger partial charge < -0.3 is 17.1 Å². The molecule has 11 nitrogen and oxygen atoms in total. The number of hydrogen-bond acceptors (Lipinski definition) is 5. The molecule has 0 unspecified atom stereocenters. The zero-order valence-corrected chi connectivity index (χ0v) is 9.96. The van der Waals surface area contributed by atoms with Gasteiger partial charge in [0.1, 0.15) is 0 Å². The standard InChI is InChI=1S/2Mo.H3N.6H2O.4O/h;;1H3;6*1H2;;;;/q2*+2;;;;;;;;;;;/p-4. The van der Waals surface area contributed by atoms with E-state index in [0.29, 0.717) is 0 Å². The maximum atomic E-state index is 8.85. The predicted octanol–water partition coefficient (Wildman–Crippen LogP) is -4.20. The van der Waals surface area contributed by atoms with Gasteiger partial charge in [0, 0.05) is 0 Å². The van der Waals surface area contributed by atoms with Crippen molar-refractivity contribution in [2.45, 2.75) is 0 Å². The minimum atomic E-state index is -5.52. The van der Waals surface area contributed by atoms with Crippen molar-refractivity contribution in [3.63, 3.8) is 0 Å². The molecule has 0 spiro atoms. The van der Waals surface area contributed by atoms with E-state index in [2.05, 4.69) is 0 Å². The molecule has 13 heteroatoms. The van der Waals surface area contributed by atoms with Crippen LogP contribution in [0.4, 0.5) is 0 Å². The zero-order valence-electron chi connectivity index (χ0n) is 5.95. The van der Waals surface area contributed by atoms with Crippen LogP contribution < -0.4 is 6.15 Å². The molecule has 11 N–H and O–H groups in total. The summed E-state index contributed by atoms with van der Waals surface area (Å²) in [5, 5.41) is 0. The van der Waals surface area contributed by atoms with Gasteiger partial charge in [-0.2, -0.15) is 0 Å². The third kappa shape index (κ3) is 14800. The Balaban J connectivity index is -0.0000000267. The predicted molar refractivity (Wildman–Crippen MR) is 23.9 cm³/mol. The summed E-state index contributed by atoms with van der Waals surface area (Å²) in [6.45, 7) is 0. The molecule has 88 valence electrons. The molecule has 0 atom stereocenters. The van der Waals surface area contributed by atoms with Crippen molar-refractivity contribution >= 4 is 0 Å². The summed E-state index contributed by atoms with van der Waals surface area (Å²) in [7, 11) is 0. The fraction of sp³-hybridized carbons (Fsp3) is 0. The van der Waals surface area contributed by atoms with Crippen molar-refractivity contribution in [2.24, 2.45) is 0 Å². The van der Waals surface area contributed by atoms with E-state index in [1.165, 1.54) is 0 Å². The van der Waals surface area contributed by atoms with Crippen LogP contribution in [-0.4, -0.2) is 26.0 Å². The average molecular weight is 377 g/mol. The van der Waals surface area contributed by atoms with Crippen LogP contribution in [0.3, 0.4) is 0 Å². The molecule has 0 bridgehead atoms. The quantitative estimate of drug-likeness (QED) is 0.256. The van der Waals surface area contributed by atoms with Gasteiger partial charge in [0.15, 0.2) is 0 Å². The van der Waals surface area contributed by atoms with E-state index < -0.39 is 33.5 Å². The number of rotatable bonds is 0. The second-order valence-electron chi connectivity index (χ2n) is 0.896. The van der Waals surface area contributed by atoms with Crippen LogP contribution in [0.25, 0.3) is 0 Å². The fourth-order valence-electron chi connectivity index (χ4n) is 0. The van der Waals surface area contributed by atoms with Crippen molar-refractivity contribution in [1.29, 1.82) is 0 Å². The van der Waals surface area contributed by atoms with Crippen LogP contribution in [0.15, 0.2) is 0 Å². The minimum absolute atomic E-state index is 0. The van der Waals surface area contributed by atoms with Crippen LogP contribution in [0.1, 0.15) is 0 Å². The van der Waals surface area contributed by atoms with E-state index in [1.54, 1.807) is 0 Å². The third-order valence-electron chi connectivity index (χ3n) is 0. The van der Waals surface area contributed by atoms with E-state index in [4.69, 9.17) is 28.6 Å². The molecule has 0 radical (unpaired) electrons. The molecule has 13 heavy (non-hydrogen) atoms. The molecule has 0 aliphatic rings. The van der Waals surface area contributed by atoms with Crippen molar-refractivity contribution in [2.75, 3.05) is 0 Å². The molecule has 0 heterocycles. The molecule has 0 aromatic heterocycles. The van der Waals surface area contributed by atoms with Crippen LogP contribution in [0.2, 0.25) is 0 Å². The van der Waals surface area contributed by atoms with Gasteiger partial charge in [-0.1, -0.05) is 0 Å². The Morgan fingerprint density at radius 1 is 0.615 bits per heavy atom. The molecule has 0 saturated carbocycles. The van der Waals surface area contributed by atoms with E-state index in [1.807, 2.05) is 0 Å². The second-order valence-corrected chi connectivity index (χ2v) is 5.30. The van der Waals surface area contributed by atoms with Gasteiger partial charge in [-0.05, 0) is 0 Å². The van der Waals surface area contributed by atoms with E-state index in [0.717, 1.165) is 0 Å². The Kier molecular flexibility index (Phi) is 23.3. The topological polar surface area (TPSA) is 247 Å². The van der Waals surface area contributed by atoms with Gasteiger partial charge in [-0.3, -0.25) is 0 Å². The Morgan fingerprint density at radius 3 is 0.615 bits per heavy atom. The first-order valence-corrected chi connectivity index (χ1v) is 8.26. The Hall–Kier alpha value is 0.297. The Morgan fingerprint density at radius 2 is 0.615 bits per heavy atom.